The molecule has 0 saturated heterocycles. The number of hydrogen-bond donors (Lipinski definition) is 1. The first kappa shape index (κ1) is 10.9. The average Bonchev–Trinajstić information content (AvgIpc) is 2.04. The molecule has 78 valence electrons. The molecule has 0 aromatic carbocycles. The molecule has 1 aliphatic rings. The van der Waals surface area contributed by atoms with Gasteiger partial charge in [-0.25, -0.2) is 14.7 Å². The number of hydrogen-bond acceptors (Lipinski definition) is 2. The molecule has 0 bridgehead atoms. The van der Waals surface area contributed by atoms with Gasteiger partial charge in [0.25, 0.3) is 0 Å². The predicted molar refractivity (Wildman–Crippen MR) is 46.2 cm³/mol. The van der Waals surface area contributed by atoms with Crippen LogP contribution in [0.2, 0.25) is 0 Å². The standard InChI is InChI=1S/C9H17F2NO/c1-7(6-13-12)8-2-4-9(10,11)5-3-8/h7-8H,2-6,12H2,1H3. The lowest BCUT2D eigenvalue weighted by atomic mass is 9.80. The summed E-state index contributed by atoms with van der Waals surface area (Å²) in [6.07, 6.45) is 1.23. The molecule has 0 aromatic heterocycles. The van der Waals surface area contributed by atoms with Crippen molar-refractivity contribution in [1.29, 1.82) is 0 Å². The zero-order valence-electron chi connectivity index (χ0n) is 7.93. The maximum atomic E-state index is 12.8. The van der Waals surface area contributed by atoms with Crippen LogP contribution in [-0.4, -0.2) is 12.5 Å². The van der Waals surface area contributed by atoms with Crippen molar-refractivity contribution in [3.8, 4) is 0 Å². The van der Waals surface area contributed by atoms with E-state index in [1.165, 1.54) is 0 Å². The van der Waals surface area contributed by atoms with Crippen LogP contribution in [0.1, 0.15) is 32.6 Å². The summed E-state index contributed by atoms with van der Waals surface area (Å²) in [4.78, 5) is 4.52. The molecule has 4 heteroatoms. The second-order valence-electron chi connectivity index (χ2n) is 4.00. The summed E-state index contributed by atoms with van der Waals surface area (Å²) in [5, 5.41) is 0. The van der Waals surface area contributed by atoms with Gasteiger partial charge in [-0.2, -0.15) is 0 Å². The highest BCUT2D eigenvalue weighted by Crippen LogP contribution is 2.38. The van der Waals surface area contributed by atoms with E-state index in [1.54, 1.807) is 0 Å². The van der Waals surface area contributed by atoms with Crippen LogP contribution in [0.5, 0.6) is 0 Å². The molecular formula is C9H17F2NO. The Labute approximate surface area is 77.4 Å². The van der Waals surface area contributed by atoms with Gasteiger partial charge in [0.15, 0.2) is 0 Å². The average molecular weight is 193 g/mol. The molecule has 1 atom stereocenters. The normalized spacial score (nSPS) is 25.8. The molecule has 0 radical (unpaired) electrons. The van der Waals surface area contributed by atoms with Crippen molar-refractivity contribution in [2.75, 3.05) is 6.61 Å². The molecule has 2 nitrogen and oxygen atoms in total. The summed E-state index contributed by atoms with van der Waals surface area (Å²) in [5.74, 6) is 3.15. The third-order valence-electron chi connectivity index (χ3n) is 2.93. The molecule has 13 heavy (non-hydrogen) atoms. The van der Waals surface area contributed by atoms with Gasteiger partial charge in [-0.1, -0.05) is 6.92 Å². The van der Waals surface area contributed by atoms with E-state index in [2.05, 4.69) is 4.84 Å². The van der Waals surface area contributed by atoms with Crippen molar-refractivity contribution in [3.63, 3.8) is 0 Å². The van der Waals surface area contributed by atoms with Gasteiger partial charge in [-0.3, -0.25) is 0 Å². The summed E-state index contributed by atoms with van der Waals surface area (Å²) < 4.78 is 25.5. The molecule has 0 amide bonds. The zero-order valence-corrected chi connectivity index (χ0v) is 7.93. The Balaban J connectivity index is 2.32. The van der Waals surface area contributed by atoms with Gasteiger partial charge in [-0.15, -0.1) is 0 Å². The first-order valence-corrected chi connectivity index (χ1v) is 4.74. The quantitative estimate of drug-likeness (QED) is 0.698. The third-order valence-corrected chi connectivity index (χ3v) is 2.93. The molecule has 1 unspecified atom stereocenters. The SMILES string of the molecule is CC(CON)C1CCC(F)(F)CC1. The van der Waals surface area contributed by atoms with Crippen LogP contribution in [0, 0.1) is 11.8 Å². The second kappa shape index (κ2) is 4.33. The maximum Gasteiger partial charge on any atom is 0.248 e. The van der Waals surface area contributed by atoms with Gasteiger partial charge < -0.3 is 4.84 Å². The van der Waals surface area contributed by atoms with Crippen LogP contribution in [0.4, 0.5) is 8.78 Å². The molecule has 0 aliphatic heterocycles. The second-order valence-corrected chi connectivity index (χ2v) is 4.00. The number of alkyl halides is 2. The summed E-state index contributed by atoms with van der Waals surface area (Å²) in [5.41, 5.74) is 0. The van der Waals surface area contributed by atoms with E-state index in [1.807, 2.05) is 6.92 Å². The zero-order chi connectivity index (χ0) is 9.90. The molecule has 2 N–H and O–H groups in total. The van der Waals surface area contributed by atoms with Crippen LogP contribution < -0.4 is 5.90 Å². The molecule has 0 aromatic rings. The Bertz CT molecular complexity index is 154. The smallest absolute Gasteiger partial charge is 0.248 e. The first-order chi connectivity index (χ1) is 6.05. The molecule has 1 saturated carbocycles. The number of nitrogens with two attached hydrogens (primary N) is 1. The fourth-order valence-electron chi connectivity index (χ4n) is 1.92. The minimum atomic E-state index is -2.43. The lowest BCUT2D eigenvalue weighted by molar-refractivity contribution is -0.0565. The fraction of sp³-hybridized carbons (Fsp3) is 1.00. The molecule has 0 spiro atoms. The third kappa shape index (κ3) is 3.19. The van der Waals surface area contributed by atoms with E-state index in [4.69, 9.17) is 5.90 Å². The monoisotopic (exact) mass is 193 g/mol. The fourth-order valence-corrected chi connectivity index (χ4v) is 1.92. The molecule has 1 rings (SSSR count). The summed E-state index contributed by atoms with van der Waals surface area (Å²) >= 11 is 0. The Morgan fingerprint density at radius 2 is 2.00 bits per heavy atom. The van der Waals surface area contributed by atoms with Gasteiger partial charge >= 0.3 is 0 Å². The van der Waals surface area contributed by atoms with Gasteiger partial charge in [-0.05, 0) is 24.7 Å². The van der Waals surface area contributed by atoms with Gasteiger partial charge in [0, 0.05) is 12.8 Å². The first-order valence-electron chi connectivity index (χ1n) is 4.74. The molecule has 1 fully saturated rings. The van der Waals surface area contributed by atoms with Crippen molar-refractivity contribution in [2.45, 2.75) is 38.5 Å². The lowest BCUT2D eigenvalue weighted by Crippen LogP contribution is -2.29. The van der Waals surface area contributed by atoms with Crippen molar-refractivity contribution in [2.24, 2.45) is 17.7 Å². The van der Waals surface area contributed by atoms with Crippen LogP contribution >= 0.6 is 0 Å². The highest BCUT2D eigenvalue weighted by Gasteiger charge is 2.36. The Kier molecular flexibility index (Phi) is 3.62. The minimum Gasteiger partial charge on any atom is -0.304 e. The van der Waals surface area contributed by atoms with Crippen LogP contribution in [0.15, 0.2) is 0 Å². The highest BCUT2D eigenvalue weighted by atomic mass is 19.3. The van der Waals surface area contributed by atoms with Crippen LogP contribution in [-0.2, 0) is 4.84 Å². The van der Waals surface area contributed by atoms with Gasteiger partial charge in [0.1, 0.15) is 0 Å². The Morgan fingerprint density at radius 1 is 1.46 bits per heavy atom. The van der Waals surface area contributed by atoms with E-state index < -0.39 is 5.92 Å². The van der Waals surface area contributed by atoms with E-state index in [0.717, 1.165) is 0 Å². The maximum absolute atomic E-state index is 12.8. The van der Waals surface area contributed by atoms with Crippen LogP contribution in [0.3, 0.4) is 0 Å². The lowest BCUT2D eigenvalue weighted by Gasteiger charge is -2.31. The molecule has 1 aliphatic carbocycles. The van der Waals surface area contributed by atoms with Crippen molar-refractivity contribution in [1.82, 2.24) is 0 Å². The topological polar surface area (TPSA) is 35.2 Å². The van der Waals surface area contributed by atoms with Gasteiger partial charge in [0.2, 0.25) is 5.92 Å². The van der Waals surface area contributed by atoms with Gasteiger partial charge in [0.05, 0.1) is 6.61 Å². The van der Waals surface area contributed by atoms with E-state index in [0.29, 0.717) is 31.3 Å². The molecular weight excluding hydrogens is 176 g/mol. The highest BCUT2D eigenvalue weighted by molar-refractivity contribution is 4.79. The van der Waals surface area contributed by atoms with E-state index in [9.17, 15) is 8.78 Å². The minimum absolute atomic E-state index is 0.0204. The van der Waals surface area contributed by atoms with Crippen molar-refractivity contribution < 1.29 is 13.6 Å². The van der Waals surface area contributed by atoms with E-state index in [-0.39, 0.29) is 12.8 Å². The van der Waals surface area contributed by atoms with Crippen molar-refractivity contribution >= 4 is 0 Å². The molecule has 0 heterocycles. The summed E-state index contributed by atoms with van der Waals surface area (Å²) in [7, 11) is 0. The summed E-state index contributed by atoms with van der Waals surface area (Å²) in [6.45, 7) is 2.47. The Morgan fingerprint density at radius 3 is 2.46 bits per heavy atom. The number of rotatable bonds is 3. The largest absolute Gasteiger partial charge is 0.304 e. The van der Waals surface area contributed by atoms with Crippen LogP contribution in [0.25, 0.3) is 0 Å². The van der Waals surface area contributed by atoms with Crippen molar-refractivity contribution in [3.05, 3.63) is 0 Å². The Hall–Kier alpha value is -0.220. The number of halogens is 2. The predicted octanol–water partition coefficient (Wildman–Crippen LogP) is 2.34. The van der Waals surface area contributed by atoms with E-state index >= 15 is 0 Å². The summed E-state index contributed by atoms with van der Waals surface area (Å²) in [6, 6.07) is 0.